The van der Waals surface area contributed by atoms with Crippen molar-refractivity contribution in [1.82, 2.24) is 15.5 Å². The Morgan fingerprint density at radius 2 is 2.00 bits per heavy atom. The summed E-state index contributed by atoms with van der Waals surface area (Å²) in [5.41, 5.74) is 0. The van der Waals surface area contributed by atoms with Gasteiger partial charge >= 0.3 is 0 Å². The number of hydrogen-bond donors (Lipinski definition) is 1. The predicted octanol–water partition coefficient (Wildman–Crippen LogP) is 0.987. The Balaban J connectivity index is 2.52. The molecule has 1 heterocycles. The molecule has 0 aliphatic rings. The first kappa shape index (κ1) is 9.19. The highest BCUT2D eigenvalue weighted by Crippen LogP contribution is 2.06. The third-order valence-electron chi connectivity index (χ3n) is 1.42. The van der Waals surface area contributed by atoms with E-state index >= 15 is 0 Å². The molecule has 1 aromatic rings. The molecule has 0 saturated carbocycles. The van der Waals surface area contributed by atoms with Crippen molar-refractivity contribution in [1.29, 1.82) is 0 Å². The first-order chi connectivity index (χ1) is 5.72. The molecule has 0 radical (unpaired) electrons. The van der Waals surface area contributed by atoms with Crippen molar-refractivity contribution in [2.24, 2.45) is 5.92 Å². The summed E-state index contributed by atoms with van der Waals surface area (Å²) in [6, 6.07) is 0. The van der Waals surface area contributed by atoms with E-state index in [4.69, 9.17) is 4.42 Å². The van der Waals surface area contributed by atoms with E-state index in [1.165, 1.54) is 0 Å². The van der Waals surface area contributed by atoms with E-state index in [0.717, 1.165) is 12.3 Å². The molecular formula is C8H15N3O. The number of rotatable bonds is 4. The van der Waals surface area contributed by atoms with Crippen molar-refractivity contribution in [2.45, 2.75) is 26.8 Å². The van der Waals surface area contributed by atoms with Crippen LogP contribution in [0.5, 0.6) is 0 Å². The van der Waals surface area contributed by atoms with Crippen LogP contribution in [0.4, 0.5) is 0 Å². The van der Waals surface area contributed by atoms with Crippen LogP contribution < -0.4 is 5.32 Å². The van der Waals surface area contributed by atoms with Crippen molar-refractivity contribution in [3.05, 3.63) is 11.8 Å². The Kier molecular flexibility index (Phi) is 3.22. The molecule has 1 rings (SSSR count). The Morgan fingerprint density at radius 3 is 2.58 bits per heavy atom. The lowest BCUT2D eigenvalue weighted by Crippen LogP contribution is -2.04. The first-order valence-corrected chi connectivity index (χ1v) is 4.18. The minimum atomic E-state index is 0.563. The molecular weight excluding hydrogens is 154 g/mol. The van der Waals surface area contributed by atoms with E-state index in [-0.39, 0.29) is 0 Å². The second-order valence-electron chi connectivity index (χ2n) is 3.22. The molecule has 0 amide bonds. The van der Waals surface area contributed by atoms with Crippen molar-refractivity contribution < 1.29 is 4.42 Å². The maximum Gasteiger partial charge on any atom is 0.230 e. The molecule has 0 saturated heterocycles. The van der Waals surface area contributed by atoms with Crippen LogP contribution in [0, 0.1) is 5.92 Å². The fourth-order valence-corrected chi connectivity index (χ4v) is 0.943. The van der Waals surface area contributed by atoms with E-state index in [1.54, 1.807) is 0 Å². The summed E-state index contributed by atoms with van der Waals surface area (Å²) in [7, 11) is 1.85. The van der Waals surface area contributed by atoms with Gasteiger partial charge in [-0.3, -0.25) is 0 Å². The minimum Gasteiger partial charge on any atom is -0.424 e. The van der Waals surface area contributed by atoms with Crippen LogP contribution in [0.1, 0.15) is 25.6 Å². The fraction of sp³-hybridized carbons (Fsp3) is 0.750. The van der Waals surface area contributed by atoms with E-state index < -0.39 is 0 Å². The monoisotopic (exact) mass is 169 g/mol. The summed E-state index contributed by atoms with van der Waals surface area (Å²) in [4.78, 5) is 0. The first-order valence-electron chi connectivity index (χ1n) is 4.18. The number of aromatic nitrogens is 2. The van der Waals surface area contributed by atoms with Crippen LogP contribution in [0.15, 0.2) is 4.42 Å². The van der Waals surface area contributed by atoms with Gasteiger partial charge in [-0.05, 0) is 13.0 Å². The lowest BCUT2D eigenvalue weighted by atomic mass is 10.1. The summed E-state index contributed by atoms with van der Waals surface area (Å²) in [6.07, 6.45) is 0.858. The number of nitrogens with one attached hydrogen (secondary N) is 1. The van der Waals surface area contributed by atoms with Crippen molar-refractivity contribution >= 4 is 0 Å². The summed E-state index contributed by atoms with van der Waals surface area (Å²) in [5.74, 6) is 1.95. The minimum absolute atomic E-state index is 0.563. The van der Waals surface area contributed by atoms with Gasteiger partial charge in [-0.1, -0.05) is 13.8 Å². The molecule has 12 heavy (non-hydrogen) atoms. The van der Waals surface area contributed by atoms with Gasteiger partial charge < -0.3 is 9.73 Å². The van der Waals surface area contributed by atoms with Gasteiger partial charge in [0.1, 0.15) is 0 Å². The maximum absolute atomic E-state index is 5.35. The van der Waals surface area contributed by atoms with Crippen LogP contribution in [0.3, 0.4) is 0 Å². The smallest absolute Gasteiger partial charge is 0.230 e. The molecule has 0 aliphatic carbocycles. The van der Waals surface area contributed by atoms with Crippen LogP contribution in [0.25, 0.3) is 0 Å². The second-order valence-corrected chi connectivity index (χ2v) is 3.22. The lowest BCUT2D eigenvalue weighted by Gasteiger charge is -1.96. The van der Waals surface area contributed by atoms with Gasteiger partial charge in [-0.2, -0.15) is 0 Å². The zero-order chi connectivity index (χ0) is 8.97. The van der Waals surface area contributed by atoms with Gasteiger partial charge in [0.05, 0.1) is 6.54 Å². The molecule has 0 unspecified atom stereocenters. The molecule has 4 heteroatoms. The molecule has 1 N–H and O–H groups in total. The van der Waals surface area contributed by atoms with E-state index in [1.807, 2.05) is 7.05 Å². The Labute approximate surface area is 72.4 Å². The summed E-state index contributed by atoms with van der Waals surface area (Å²) in [6.45, 7) is 4.90. The van der Waals surface area contributed by atoms with Gasteiger partial charge in [0.2, 0.25) is 11.8 Å². The van der Waals surface area contributed by atoms with Gasteiger partial charge in [-0.25, -0.2) is 0 Å². The summed E-state index contributed by atoms with van der Waals surface area (Å²) < 4.78 is 5.35. The molecule has 1 aromatic heterocycles. The zero-order valence-corrected chi connectivity index (χ0v) is 7.79. The predicted molar refractivity (Wildman–Crippen MR) is 45.6 cm³/mol. The van der Waals surface area contributed by atoms with E-state index in [9.17, 15) is 0 Å². The summed E-state index contributed by atoms with van der Waals surface area (Å²) in [5, 5.41) is 10.8. The zero-order valence-electron chi connectivity index (χ0n) is 7.79. The van der Waals surface area contributed by atoms with Crippen LogP contribution in [0.2, 0.25) is 0 Å². The third-order valence-corrected chi connectivity index (χ3v) is 1.42. The van der Waals surface area contributed by atoms with Crippen LogP contribution in [-0.4, -0.2) is 17.2 Å². The average Bonchev–Trinajstić information content (AvgIpc) is 2.36. The van der Waals surface area contributed by atoms with Crippen LogP contribution in [-0.2, 0) is 13.0 Å². The highest BCUT2D eigenvalue weighted by Gasteiger charge is 2.06. The van der Waals surface area contributed by atoms with Gasteiger partial charge in [-0.15, -0.1) is 10.2 Å². The topological polar surface area (TPSA) is 51.0 Å². The standard InChI is InChI=1S/C8H15N3O/c1-6(2)4-7-10-11-8(12-7)5-9-3/h6,9H,4-5H2,1-3H3. The fourth-order valence-electron chi connectivity index (χ4n) is 0.943. The highest BCUT2D eigenvalue weighted by molar-refractivity contribution is 4.82. The van der Waals surface area contributed by atoms with Gasteiger partial charge in [0.25, 0.3) is 0 Å². The Morgan fingerprint density at radius 1 is 1.33 bits per heavy atom. The number of hydrogen-bond acceptors (Lipinski definition) is 4. The SMILES string of the molecule is CNCc1nnc(CC(C)C)o1. The third kappa shape index (κ3) is 2.62. The molecule has 0 aliphatic heterocycles. The molecule has 0 fully saturated rings. The molecule has 0 atom stereocenters. The highest BCUT2D eigenvalue weighted by atomic mass is 16.4. The van der Waals surface area contributed by atoms with Gasteiger partial charge in [0.15, 0.2) is 0 Å². The van der Waals surface area contributed by atoms with Crippen molar-refractivity contribution in [2.75, 3.05) is 7.05 Å². The Bertz CT molecular complexity index is 232. The quantitative estimate of drug-likeness (QED) is 0.730. The molecule has 4 nitrogen and oxygen atoms in total. The maximum atomic E-state index is 5.35. The normalized spacial score (nSPS) is 11.0. The summed E-state index contributed by atoms with van der Waals surface area (Å²) >= 11 is 0. The molecule has 68 valence electrons. The largest absolute Gasteiger partial charge is 0.424 e. The average molecular weight is 169 g/mol. The van der Waals surface area contributed by atoms with E-state index in [2.05, 4.69) is 29.4 Å². The van der Waals surface area contributed by atoms with E-state index in [0.29, 0.717) is 18.4 Å². The molecule has 0 bridgehead atoms. The second kappa shape index (κ2) is 4.21. The van der Waals surface area contributed by atoms with Crippen molar-refractivity contribution in [3.63, 3.8) is 0 Å². The molecule has 0 aromatic carbocycles. The van der Waals surface area contributed by atoms with Gasteiger partial charge in [0, 0.05) is 6.42 Å². The molecule has 0 spiro atoms. The number of nitrogens with zero attached hydrogens (tertiary/aromatic N) is 2. The van der Waals surface area contributed by atoms with Crippen molar-refractivity contribution in [3.8, 4) is 0 Å². The lowest BCUT2D eigenvalue weighted by molar-refractivity contribution is 0.418. The Hall–Kier alpha value is -0.900. The van der Waals surface area contributed by atoms with Crippen LogP contribution >= 0.6 is 0 Å².